The van der Waals surface area contributed by atoms with Crippen molar-refractivity contribution >= 4 is 5.97 Å². The molecule has 0 atom stereocenters. The van der Waals surface area contributed by atoms with E-state index in [-0.39, 0.29) is 5.97 Å². The molecule has 0 N–H and O–H groups in total. The fraction of sp³-hybridized carbons (Fsp3) is 0.909. The summed E-state index contributed by atoms with van der Waals surface area (Å²) >= 11 is 0. The Kier molecular flexibility index (Phi) is 28.8. The zero-order valence-corrected chi connectivity index (χ0v) is 24.4. The Balaban J connectivity index is 3.22. The second kappa shape index (κ2) is 29.4. The molecule has 2 heteroatoms. The lowest BCUT2D eigenvalue weighted by Gasteiger charge is -2.05. The molecular formula is C33H64O2. The number of rotatable bonds is 28. The molecule has 0 fully saturated rings. The lowest BCUT2D eigenvalue weighted by molar-refractivity contribution is -0.137. The fourth-order valence-corrected chi connectivity index (χ4v) is 4.75. The normalized spacial score (nSPS) is 11.7. The summed E-state index contributed by atoms with van der Waals surface area (Å²) in [6, 6.07) is 0. The van der Waals surface area contributed by atoms with E-state index in [4.69, 9.17) is 4.74 Å². The average molecular weight is 493 g/mol. The van der Waals surface area contributed by atoms with Crippen LogP contribution in [-0.4, -0.2) is 12.6 Å². The van der Waals surface area contributed by atoms with Gasteiger partial charge in [-0.2, -0.15) is 0 Å². The molecule has 35 heavy (non-hydrogen) atoms. The van der Waals surface area contributed by atoms with Gasteiger partial charge in [-0.05, 0) is 25.2 Å². The summed E-state index contributed by atoms with van der Waals surface area (Å²) in [6.07, 6.45) is 37.2. The van der Waals surface area contributed by atoms with Crippen LogP contribution in [0.2, 0.25) is 0 Å². The Morgan fingerprint density at radius 2 is 0.971 bits per heavy atom. The molecule has 0 aliphatic heterocycles. The van der Waals surface area contributed by atoms with Gasteiger partial charge in [0.25, 0.3) is 0 Å². The molecule has 0 unspecified atom stereocenters. The maximum atomic E-state index is 11.8. The van der Waals surface area contributed by atoms with Crippen molar-refractivity contribution in [3.63, 3.8) is 0 Å². The Morgan fingerprint density at radius 3 is 1.43 bits per heavy atom. The van der Waals surface area contributed by atoms with Gasteiger partial charge in [-0.25, -0.2) is 4.79 Å². The molecule has 0 rings (SSSR count). The largest absolute Gasteiger partial charge is 0.463 e. The van der Waals surface area contributed by atoms with Gasteiger partial charge in [0.15, 0.2) is 0 Å². The van der Waals surface area contributed by atoms with E-state index in [1.165, 1.54) is 148 Å². The van der Waals surface area contributed by atoms with Gasteiger partial charge in [0, 0.05) is 6.08 Å². The molecule has 0 aromatic heterocycles. The first-order valence-corrected chi connectivity index (χ1v) is 16.0. The maximum Gasteiger partial charge on any atom is 0.330 e. The van der Waals surface area contributed by atoms with Crippen molar-refractivity contribution in [2.45, 2.75) is 181 Å². The van der Waals surface area contributed by atoms with Gasteiger partial charge in [-0.15, -0.1) is 0 Å². The zero-order valence-electron chi connectivity index (χ0n) is 24.4. The summed E-state index contributed by atoms with van der Waals surface area (Å²) in [6.45, 7) is 7.51. The number of unbranched alkanes of at least 4 members (excludes halogenated alkanes) is 22. The monoisotopic (exact) mass is 492 g/mol. The van der Waals surface area contributed by atoms with Crippen molar-refractivity contribution in [2.75, 3.05) is 6.61 Å². The van der Waals surface area contributed by atoms with Crippen LogP contribution >= 0.6 is 0 Å². The molecule has 2 nitrogen and oxygen atoms in total. The minimum atomic E-state index is -0.155. The highest BCUT2D eigenvalue weighted by Gasteiger charge is 1.98. The molecule has 0 aliphatic carbocycles. The first-order chi connectivity index (χ1) is 17.2. The second-order valence-electron chi connectivity index (χ2n) is 11.3. The molecule has 0 aromatic rings. The predicted molar refractivity (Wildman–Crippen MR) is 156 cm³/mol. The van der Waals surface area contributed by atoms with Crippen molar-refractivity contribution in [1.29, 1.82) is 0 Å². The van der Waals surface area contributed by atoms with Gasteiger partial charge < -0.3 is 4.74 Å². The molecule has 208 valence electrons. The van der Waals surface area contributed by atoms with Crippen LogP contribution in [0.3, 0.4) is 0 Å². The molecule has 0 aliphatic rings. The molecule has 0 aromatic carbocycles. The van der Waals surface area contributed by atoms with Gasteiger partial charge in [0.2, 0.25) is 0 Å². The first-order valence-electron chi connectivity index (χ1n) is 16.0. The van der Waals surface area contributed by atoms with E-state index in [1.807, 2.05) is 6.08 Å². The van der Waals surface area contributed by atoms with Crippen LogP contribution in [-0.2, 0) is 9.53 Å². The van der Waals surface area contributed by atoms with Crippen LogP contribution in [0.25, 0.3) is 0 Å². The van der Waals surface area contributed by atoms with Gasteiger partial charge >= 0.3 is 5.97 Å². The molecular weight excluding hydrogens is 428 g/mol. The van der Waals surface area contributed by atoms with E-state index in [2.05, 4.69) is 20.8 Å². The van der Waals surface area contributed by atoms with E-state index in [1.54, 1.807) is 6.08 Å². The second-order valence-corrected chi connectivity index (χ2v) is 11.3. The molecule has 0 amide bonds. The van der Waals surface area contributed by atoms with Gasteiger partial charge in [-0.1, -0.05) is 168 Å². The molecule has 0 heterocycles. The van der Waals surface area contributed by atoms with Crippen LogP contribution in [0.4, 0.5) is 0 Å². The minimum Gasteiger partial charge on any atom is -0.463 e. The van der Waals surface area contributed by atoms with Crippen LogP contribution < -0.4 is 0 Å². The van der Waals surface area contributed by atoms with Crippen molar-refractivity contribution in [2.24, 2.45) is 5.92 Å². The third kappa shape index (κ3) is 31.2. The number of ether oxygens (including phenoxy) is 1. The first kappa shape index (κ1) is 34.2. The molecule has 0 spiro atoms. The summed E-state index contributed by atoms with van der Waals surface area (Å²) < 4.78 is 5.34. The number of carbonyl (C=O) groups excluding carboxylic acids is 1. The van der Waals surface area contributed by atoms with Gasteiger partial charge in [0.05, 0.1) is 6.61 Å². The maximum absolute atomic E-state index is 11.8. The number of carbonyl (C=O) groups is 1. The van der Waals surface area contributed by atoms with Crippen LogP contribution in [0.15, 0.2) is 12.2 Å². The molecule has 0 bridgehead atoms. The predicted octanol–water partition coefficient (Wildman–Crippen LogP) is 11.5. The Bertz CT molecular complexity index is 440. The number of hydrogen-bond donors (Lipinski definition) is 0. The SMILES string of the molecule is CCCCCCCCCCCCCC=CC(=O)OCCCCCCCCCCCCCCC(C)C. The van der Waals surface area contributed by atoms with Crippen LogP contribution in [0.1, 0.15) is 181 Å². The zero-order chi connectivity index (χ0) is 25.7. The summed E-state index contributed by atoms with van der Waals surface area (Å²) in [5.74, 6) is 0.713. The van der Waals surface area contributed by atoms with Crippen LogP contribution in [0.5, 0.6) is 0 Å². The Labute approximate surface area is 221 Å². The average Bonchev–Trinajstić information content (AvgIpc) is 2.84. The van der Waals surface area contributed by atoms with E-state index in [0.717, 1.165) is 18.8 Å². The molecule has 0 saturated carbocycles. The molecule has 0 saturated heterocycles. The van der Waals surface area contributed by atoms with E-state index >= 15 is 0 Å². The molecule has 0 radical (unpaired) electrons. The lowest BCUT2D eigenvalue weighted by Crippen LogP contribution is -2.02. The van der Waals surface area contributed by atoms with Crippen molar-refractivity contribution < 1.29 is 9.53 Å². The highest BCUT2D eigenvalue weighted by atomic mass is 16.5. The quantitative estimate of drug-likeness (QED) is 0.0616. The number of hydrogen-bond acceptors (Lipinski definition) is 2. The van der Waals surface area contributed by atoms with Crippen molar-refractivity contribution in [3.05, 3.63) is 12.2 Å². The lowest BCUT2D eigenvalue weighted by atomic mass is 10.0. The third-order valence-corrected chi connectivity index (χ3v) is 7.15. The van der Waals surface area contributed by atoms with Crippen molar-refractivity contribution in [3.8, 4) is 0 Å². The fourth-order valence-electron chi connectivity index (χ4n) is 4.75. The highest BCUT2D eigenvalue weighted by molar-refractivity contribution is 5.81. The highest BCUT2D eigenvalue weighted by Crippen LogP contribution is 2.14. The van der Waals surface area contributed by atoms with Crippen molar-refractivity contribution in [1.82, 2.24) is 0 Å². The van der Waals surface area contributed by atoms with E-state index < -0.39 is 0 Å². The van der Waals surface area contributed by atoms with Gasteiger partial charge in [-0.3, -0.25) is 0 Å². The Morgan fingerprint density at radius 1 is 0.571 bits per heavy atom. The number of allylic oxidation sites excluding steroid dienone is 1. The van der Waals surface area contributed by atoms with Crippen LogP contribution in [0, 0.1) is 5.92 Å². The van der Waals surface area contributed by atoms with E-state index in [0.29, 0.717) is 6.61 Å². The van der Waals surface area contributed by atoms with E-state index in [9.17, 15) is 4.79 Å². The standard InChI is InChI=1S/C33H64O2/c1-4-5-6-7-8-9-10-11-15-18-21-24-27-30-33(34)35-31-28-25-22-19-16-13-12-14-17-20-23-26-29-32(2)3/h27,30,32H,4-26,28-29,31H2,1-3H3. The minimum absolute atomic E-state index is 0.155. The summed E-state index contributed by atoms with van der Waals surface area (Å²) in [5, 5.41) is 0. The topological polar surface area (TPSA) is 26.3 Å². The third-order valence-electron chi connectivity index (χ3n) is 7.15. The summed E-state index contributed by atoms with van der Waals surface area (Å²) in [7, 11) is 0. The Hall–Kier alpha value is -0.790. The van der Waals surface area contributed by atoms with Gasteiger partial charge in [0.1, 0.15) is 0 Å². The summed E-state index contributed by atoms with van der Waals surface area (Å²) in [5.41, 5.74) is 0. The summed E-state index contributed by atoms with van der Waals surface area (Å²) in [4.78, 5) is 11.8. The number of esters is 1. The smallest absolute Gasteiger partial charge is 0.330 e.